The van der Waals surface area contributed by atoms with Crippen LogP contribution in [0.1, 0.15) is 5.76 Å². The molecule has 0 saturated carbocycles. The number of hydrogen-bond acceptors (Lipinski definition) is 5. The van der Waals surface area contributed by atoms with Crippen LogP contribution in [0.15, 0.2) is 28.7 Å². The van der Waals surface area contributed by atoms with Gasteiger partial charge in [-0.15, -0.1) is 0 Å². The van der Waals surface area contributed by atoms with E-state index in [1.165, 1.54) is 6.07 Å². The molecule has 0 aliphatic rings. The van der Waals surface area contributed by atoms with E-state index in [4.69, 9.17) is 4.42 Å². The van der Waals surface area contributed by atoms with Gasteiger partial charge in [0.25, 0.3) is 6.47 Å². The van der Waals surface area contributed by atoms with Gasteiger partial charge in [-0.3, -0.25) is 14.9 Å². The monoisotopic (exact) mass is 221 g/mol. The fourth-order valence-corrected chi connectivity index (χ4v) is 1.43. The van der Waals surface area contributed by atoms with Crippen molar-refractivity contribution in [1.82, 2.24) is 0 Å². The number of rotatable bonds is 4. The number of furan rings is 1. The zero-order valence-electron chi connectivity index (χ0n) is 8.08. The number of ether oxygens (including phenoxy) is 1. The van der Waals surface area contributed by atoms with Gasteiger partial charge in [-0.1, -0.05) is 12.1 Å². The quantitative estimate of drug-likeness (QED) is 0.448. The number of para-hydroxylation sites is 1. The fourth-order valence-electron chi connectivity index (χ4n) is 1.43. The van der Waals surface area contributed by atoms with E-state index in [1.807, 2.05) is 0 Å². The number of hydrogen-bond donors (Lipinski definition) is 0. The topological polar surface area (TPSA) is 82.6 Å². The first-order chi connectivity index (χ1) is 7.72. The molecule has 2 rings (SSSR count). The van der Waals surface area contributed by atoms with E-state index in [0.29, 0.717) is 17.6 Å². The summed E-state index contributed by atoms with van der Waals surface area (Å²) in [5.74, 6) is 0.372. The molecule has 0 amide bonds. The van der Waals surface area contributed by atoms with Gasteiger partial charge < -0.3 is 9.15 Å². The molecule has 2 aromatic rings. The second-order valence-corrected chi connectivity index (χ2v) is 3.07. The van der Waals surface area contributed by atoms with Crippen molar-refractivity contribution < 1.29 is 18.9 Å². The number of benzene rings is 1. The van der Waals surface area contributed by atoms with Gasteiger partial charge >= 0.3 is 5.69 Å². The Balaban J connectivity index is 2.48. The molecule has 82 valence electrons. The van der Waals surface area contributed by atoms with Gasteiger partial charge in [0.1, 0.15) is 12.4 Å². The van der Waals surface area contributed by atoms with Crippen molar-refractivity contribution in [2.75, 3.05) is 0 Å². The first-order valence-corrected chi connectivity index (χ1v) is 4.43. The summed E-state index contributed by atoms with van der Waals surface area (Å²) in [6.45, 7) is 0.261. The fraction of sp³-hybridized carbons (Fsp3) is 0.100. The van der Waals surface area contributed by atoms with Crippen molar-refractivity contribution in [2.24, 2.45) is 0 Å². The van der Waals surface area contributed by atoms with Crippen LogP contribution in [0.25, 0.3) is 11.0 Å². The SMILES string of the molecule is O=COCc1cc2cccc([N+](=O)[O-])c2o1. The molecule has 6 heteroatoms. The Kier molecular flexibility index (Phi) is 2.55. The Labute approximate surface area is 89.6 Å². The number of nitro benzene ring substituents is 1. The Hall–Kier alpha value is -2.37. The summed E-state index contributed by atoms with van der Waals surface area (Å²) in [5, 5.41) is 11.3. The third kappa shape index (κ3) is 1.72. The summed E-state index contributed by atoms with van der Waals surface area (Å²) in [4.78, 5) is 20.2. The van der Waals surface area contributed by atoms with Crippen molar-refractivity contribution >= 4 is 23.1 Å². The molecule has 0 N–H and O–H groups in total. The lowest BCUT2D eigenvalue weighted by molar-refractivity contribution is -0.383. The van der Waals surface area contributed by atoms with E-state index in [0.717, 1.165) is 0 Å². The Bertz CT molecular complexity index is 545. The molecule has 6 nitrogen and oxygen atoms in total. The van der Waals surface area contributed by atoms with E-state index < -0.39 is 4.92 Å². The first-order valence-electron chi connectivity index (χ1n) is 4.43. The van der Waals surface area contributed by atoms with Crippen molar-refractivity contribution in [1.29, 1.82) is 0 Å². The van der Waals surface area contributed by atoms with E-state index in [1.54, 1.807) is 18.2 Å². The maximum absolute atomic E-state index is 10.7. The minimum Gasteiger partial charge on any atom is -0.460 e. The lowest BCUT2D eigenvalue weighted by Crippen LogP contribution is -1.87. The lowest BCUT2D eigenvalue weighted by Gasteiger charge is -1.92. The Morgan fingerprint density at radius 2 is 2.31 bits per heavy atom. The van der Waals surface area contributed by atoms with Crippen LogP contribution in [0, 0.1) is 10.1 Å². The predicted octanol–water partition coefficient (Wildman–Crippen LogP) is 2.01. The molecule has 0 atom stereocenters. The van der Waals surface area contributed by atoms with Crippen LogP contribution in [0.3, 0.4) is 0 Å². The van der Waals surface area contributed by atoms with Crippen molar-refractivity contribution in [3.8, 4) is 0 Å². The number of non-ortho nitro benzene ring substituents is 1. The van der Waals surface area contributed by atoms with E-state index in [2.05, 4.69) is 4.74 Å². The van der Waals surface area contributed by atoms with Crippen molar-refractivity contribution in [2.45, 2.75) is 6.61 Å². The lowest BCUT2D eigenvalue weighted by atomic mass is 10.2. The maximum atomic E-state index is 10.7. The highest BCUT2D eigenvalue weighted by Gasteiger charge is 2.16. The summed E-state index contributed by atoms with van der Waals surface area (Å²) < 4.78 is 9.74. The van der Waals surface area contributed by atoms with Crippen LogP contribution in [-0.2, 0) is 16.1 Å². The molecule has 0 aliphatic heterocycles. The van der Waals surface area contributed by atoms with Gasteiger partial charge in [-0.25, -0.2) is 0 Å². The molecule has 0 fully saturated rings. The van der Waals surface area contributed by atoms with Gasteiger partial charge in [0.2, 0.25) is 5.58 Å². The summed E-state index contributed by atoms with van der Waals surface area (Å²) >= 11 is 0. The molecule has 1 aromatic heterocycles. The summed E-state index contributed by atoms with van der Waals surface area (Å²) in [7, 11) is 0. The highest BCUT2D eigenvalue weighted by Crippen LogP contribution is 2.28. The van der Waals surface area contributed by atoms with Crippen LogP contribution in [0.2, 0.25) is 0 Å². The number of fused-ring (bicyclic) bond motifs is 1. The smallest absolute Gasteiger partial charge is 0.312 e. The summed E-state index contributed by atoms with van der Waals surface area (Å²) in [6, 6.07) is 6.22. The molecular formula is C10H7NO5. The van der Waals surface area contributed by atoms with Gasteiger partial charge in [-0.05, 0) is 6.07 Å². The standard InChI is InChI=1S/C10H7NO5/c12-6-15-5-8-4-7-2-1-3-9(11(13)14)10(7)16-8/h1-4,6H,5H2. The van der Waals surface area contributed by atoms with Crippen LogP contribution >= 0.6 is 0 Å². The molecule has 1 heterocycles. The first kappa shape index (κ1) is 10.2. The van der Waals surface area contributed by atoms with E-state index in [-0.39, 0.29) is 17.9 Å². The highest BCUT2D eigenvalue weighted by atomic mass is 16.6. The Morgan fingerprint density at radius 3 is 3.00 bits per heavy atom. The third-order valence-electron chi connectivity index (χ3n) is 2.06. The Morgan fingerprint density at radius 1 is 1.50 bits per heavy atom. The predicted molar refractivity (Wildman–Crippen MR) is 53.7 cm³/mol. The highest BCUT2D eigenvalue weighted by molar-refractivity contribution is 5.86. The van der Waals surface area contributed by atoms with Gasteiger partial charge in [0, 0.05) is 11.5 Å². The molecule has 16 heavy (non-hydrogen) atoms. The van der Waals surface area contributed by atoms with Crippen molar-refractivity contribution in [3.05, 3.63) is 40.1 Å². The molecule has 0 saturated heterocycles. The number of carbonyl (C=O) groups excluding carboxylic acids is 1. The molecular weight excluding hydrogens is 214 g/mol. The average molecular weight is 221 g/mol. The maximum Gasteiger partial charge on any atom is 0.312 e. The van der Waals surface area contributed by atoms with Gasteiger partial charge in [-0.2, -0.15) is 0 Å². The van der Waals surface area contributed by atoms with E-state index >= 15 is 0 Å². The summed E-state index contributed by atoms with van der Waals surface area (Å²) in [6.07, 6.45) is 0. The second-order valence-electron chi connectivity index (χ2n) is 3.07. The van der Waals surface area contributed by atoms with E-state index in [9.17, 15) is 14.9 Å². The molecule has 1 aromatic carbocycles. The minimum absolute atomic E-state index is 0.0324. The summed E-state index contributed by atoms with van der Waals surface area (Å²) in [5.41, 5.74) is 0.0897. The average Bonchev–Trinajstić information content (AvgIpc) is 2.68. The molecule has 0 aliphatic carbocycles. The molecule has 0 bridgehead atoms. The van der Waals surface area contributed by atoms with Crippen LogP contribution < -0.4 is 0 Å². The third-order valence-corrected chi connectivity index (χ3v) is 2.06. The van der Waals surface area contributed by atoms with Crippen molar-refractivity contribution in [3.63, 3.8) is 0 Å². The molecule has 0 unspecified atom stereocenters. The van der Waals surface area contributed by atoms with Crippen LogP contribution in [0.4, 0.5) is 5.69 Å². The number of nitrogens with zero attached hydrogens (tertiary/aromatic N) is 1. The van der Waals surface area contributed by atoms with Crippen LogP contribution in [0.5, 0.6) is 0 Å². The zero-order chi connectivity index (χ0) is 11.5. The number of nitro groups is 1. The number of carbonyl (C=O) groups is 1. The van der Waals surface area contributed by atoms with Crippen LogP contribution in [-0.4, -0.2) is 11.4 Å². The van der Waals surface area contributed by atoms with Gasteiger partial charge in [0.05, 0.1) is 4.92 Å². The second kappa shape index (κ2) is 4.01. The molecule has 0 spiro atoms. The normalized spacial score (nSPS) is 10.2. The zero-order valence-corrected chi connectivity index (χ0v) is 8.08. The molecule has 0 radical (unpaired) electrons. The van der Waals surface area contributed by atoms with Gasteiger partial charge in [0.15, 0.2) is 0 Å². The minimum atomic E-state index is -0.518. The largest absolute Gasteiger partial charge is 0.460 e.